The highest BCUT2D eigenvalue weighted by Gasteiger charge is 2.29. The van der Waals surface area contributed by atoms with Gasteiger partial charge in [0.2, 0.25) is 17.7 Å². The van der Waals surface area contributed by atoms with Crippen LogP contribution in [0, 0.1) is 0 Å². The van der Waals surface area contributed by atoms with Crippen LogP contribution in [0.3, 0.4) is 0 Å². The molecule has 1 saturated heterocycles. The second kappa shape index (κ2) is 6.64. The van der Waals surface area contributed by atoms with Crippen LogP contribution in [-0.4, -0.2) is 57.4 Å². The molecule has 0 aliphatic carbocycles. The summed E-state index contributed by atoms with van der Waals surface area (Å²) < 4.78 is 0. The number of hydrogen-bond donors (Lipinski definition) is 3. The molecule has 20 heavy (non-hydrogen) atoms. The van der Waals surface area contributed by atoms with E-state index in [0.717, 1.165) is 4.90 Å². The smallest absolute Gasteiger partial charge is 0.326 e. The van der Waals surface area contributed by atoms with Gasteiger partial charge in [-0.1, -0.05) is 0 Å². The molecule has 9 nitrogen and oxygen atoms in total. The van der Waals surface area contributed by atoms with Gasteiger partial charge in [-0.05, 0) is 0 Å². The molecule has 0 saturated carbocycles. The average molecular weight is 286 g/mol. The lowest BCUT2D eigenvalue weighted by Gasteiger charge is -2.15. The Bertz CT molecular complexity index is 444. The summed E-state index contributed by atoms with van der Waals surface area (Å²) in [5.74, 6) is -4.30. The Labute approximate surface area is 113 Å². The van der Waals surface area contributed by atoms with Gasteiger partial charge < -0.3 is 15.5 Å². The monoisotopic (exact) mass is 286 g/mol. The Hall–Kier alpha value is -2.45. The standard InChI is InChI=1S/C11H14N2O7/c14-7(12-6(11(19)20)5-10(17)18)3-4-13-8(15)1-2-9(13)16/h6H,1-5H2,(H,12,14)(H,17,18)(H,19,20)/t6-/m0/s1. The minimum Gasteiger partial charge on any atom is -0.481 e. The molecular weight excluding hydrogens is 272 g/mol. The summed E-state index contributed by atoms with van der Waals surface area (Å²) in [4.78, 5) is 56.2. The van der Waals surface area contributed by atoms with Crippen LogP contribution in [0.1, 0.15) is 25.7 Å². The van der Waals surface area contributed by atoms with E-state index in [4.69, 9.17) is 10.2 Å². The minimum atomic E-state index is -1.54. The molecule has 0 unspecified atom stereocenters. The fraction of sp³-hybridized carbons (Fsp3) is 0.545. The molecule has 1 aliphatic rings. The summed E-state index contributed by atoms with van der Waals surface area (Å²) in [6.07, 6.45) is -0.794. The Morgan fingerprint density at radius 1 is 1.15 bits per heavy atom. The normalized spacial score (nSPS) is 16.1. The zero-order chi connectivity index (χ0) is 15.3. The first-order valence-corrected chi connectivity index (χ1v) is 5.88. The van der Waals surface area contributed by atoms with Gasteiger partial charge in [-0.25, -0.2) is 4.79 Å². The topological polar surface area (TPSA) is 141 Å². The van der Waals surface area contributed by atoms with Gasteiger partial charge in [0.05, 0.1) is 6.42 Å². The molecule has 0 bridgehead atoms. The molecule has 1 atom stereocenters. The maximum absolute atomic E-state index is 11.5. The molecule has 0 aromatic heterocycles. The molecule has 110 valence electrons. The van der Waals surface area contributed by atoms with Gasteiger partial charge in [0.15, 0.2) is 0 Å². The summed E-state index contributed by atoms with van der Waals surface area (Å²) in [6.45, 7) is -0.136. The number of likely N-dealkylation sites (tertiary alicyclic amines) is 1. The van der Waals surface area contributed by atoms with Crippen molar-refractivity contribution in [2.75, 3.05) is 6.54 Å². The third-order valence-corrected chi connectivity index (χ3v) is 2.73. The Kier molecular flexibility index (Phi) is 5.18. The lowest BCUT2D eigenvalue weighted by molar-refractivity contribution is -0.147. The third-order valence-electron chi connectivity index (χ3n) is 2.73. The number of nitrogens with zero attached hydrogens (tertiary/aromatic N) is 1. The second-order valence-corrected chi connectivity index (χ2v) is 4.25. The van der Waals surface area contributed by atoms with Crippen LogP contribution in [0.2, 0.25) is 0 Å². The van der Waals surface area contributed by atoms with Gasteiger partial charge in [-0.15, -0.1) is 0 Å². The molecule has 0 aromatic rings. The van der Waals surface area contributed by atoms with Crippen LogP contribution in [0.5, 0.6) is 0 Å². The van der Waals surface area contributed by atoms with Crippen LogP contribution in [0.25, 0.3) is 0 Å². The van der Waals surface area contributed by atoms with E-state index in [1.165, 1.54) is 0 Å². The molecule has 1 rings (SSSR count). The van der Waals surface area contributed by atoms with Crippen molar-refractivity contribution in [2.45, 2.75) is 31.7 Å². The zero-order valence-electron chi connectivity index (χ0n) is 10.5. The van der Waals surface area contributed by atoms with E-state index in [1.807, 2.05) is 5.32 Å². The Balaban J connectivity index is 2.46. The van der Waals surface area contributed by atoms with Crippen LogP contribution in [0.4, 0.5) is 0 Å². The van der Waals surface area contributed by atoms with E-state index in [-0.39, 0.29) is 37.6 Å². The van der Waals surface area contributed by atoms with Crippen molar-refractivity contribution in [3.05, 3.63) is 0 Å². The number of carbonyl (C=O) groups is 5. The first-order chi connectivity index (χ1) is 9.31. The van der Waals surface area contributed by atoms with Gasteiger partial charge in [0, 0.05) is 25.8 Å². The van der Waals surface area contributed by atoms with Crippen molar-refractivity contribution in [1.82, 2.24) is 10.2 Å². The first-order valence-electron chi connectivity index (χ1n) is 5.88. The van der Waals surface area contributed by atoms with E-state index < -0.39 is 30.3 Å². The lowest BCUT2D eigenvalue weighted by Crippen LogP contribution is -2.43. The highest BCUT2D eigenvalue weighted by atomic mass is 16.4. The van der Waals surface area contributed by atoms with Gasteiger partial charge >= 0.3 is 11.9 Å². The van der Waals surface area contributed by atoms with E-state index in [2.05, 4.69) is 0 Å². The molecule has 1 aliphatic heterocycles. The molecule has 3 amide bonds. The maximum Gasteiger partial charge on any atom is 0.326 e. The predicted molar refractivity (Wildman–Crippen MR) is 62.4 cm³/mol. The first kappa shape index (κ1) is 15.6. The predicted octanol–water partition coefficient (Wildman–Crippen LogP) is -1.43. The summed E-state index contributed by atoms with van der Waals surface area (Å²) in [5, 5.41) is 19.3. The van der Waals surface area contributed by atoms with Gasteiger partial charge in [0.25, 0.3) is 0 Å². The van der Waals surface area contributed by atoms with Gasteiger partial charge in [-0.3, -0.25) is 24.1 Å². The van der Waals surface area contributed by atoms with Crippen molar-refractivity contribution < 1.29 is 34.2 Å². The quantitative estimate of drug-likeness (QED) is 0.487. The van der Waals surface area contributed by atoms with E-state index in [0.29, 0.717) is 0 Å². The summed E-state index contributed by atoms with van der Waals surface area (Å²) in [7, 11) is 0. The number of carboxylic acids is 2. The molecular formula is C11H14N2O7. The van der Waals surface area contributed by atoms with E-state index >= 15 is 0 Å². The Morgan fingerprint density at radius 2 is 1.70 bits per heavy atom. The zero-order valence-corrected chi connectivity index (χ0v) is 10.5. The van der Waals surface area contributed by atoms with Crippen molar-refractivity contribution in [1.29, 1.82) is 0 Å². The van der Waals surface area contributed by atoms with Crippen LogP contribution >= 0.6 is 0 Å². The molecule has 1 heterocycles. The molecule has 9 heteroatoms. The fourth-order valence-corrected chi connectivity index (χ4v) is 1.73. The maximum atomic E-state index is 11.5. The molecule has 0 spiro atoms. The van der Waals surface area contributed by atoms with Crippen molar-refractivity contribution in [3.8, 4) is 0 Å². The highest BCUT2D eigenvalue weighted by Crippen LogP contribution is 2.11. The number of nitrogens with one attached hydrogen (secondary N) is 1. The summed E-state index contributed by atoms with van der Waals surface area (Å²) in [6, 6.07) is -1.54. The van der Waals surface area contributed by atoms with Crippen molar-refractivity contribution in [3.63, 3.8) is 0 Å². The van der Waals surface area contributed by atoms with Crippen LogP contribution in [-0.2, 0) is 24.0 Å². The number of rotatable bonds is 7. The van der Waals surface area contributed by atoms with E-state index in [9.17, 15) is 24.0 Å². The number of carbonyl (C=O) groups excluding carboxylic acids is 3. The number of carboxylic acid groups (broad SMARTS) is 2. The van der Waals surface area contributed by atoms with Gasteiger partial charge in [0.1, 0.15) is 6.04 Å². The second-order valence-electron chi connectivity index (χ2n) is 4.25. The SMILES string of the molecule is O=C(O)C[C@H](NC(=O)CCN1C(=O)CCC1=O)C(=O)O. The largest absolute Gasteiger partial charge is 0.481 e. The molecule has 3 N–H and O–H groups in total. The average Bonchev–Trinajstić information content (AvgIpc) is 2.65. The molecule has 1 fully saturated rings. The molecule has 0 aromatic carbocycles. The van der Waals surface area contributed by atoms with Crippen molar-refractivity contribution >= 4 is 29.7 Å². The van der Waals surface area contributed by atoms with Crippen LogP contribution < -0.4 is 5.32 Å². The lowest BCUT2D eigenvalue weighted by atomic mass is 10.2. The fourth-order valence-electron chi connectivity index (χ4n) is 1.73. The Morgan fingerprint density at radius 3 is 2.15 bits per heavy atom. The van der Waals surface area contributed by atoms with E-state index in [1.54, 1.807) is 0 Å². The number of imide groups is 1. The third kappa shape index (κ3) is 4.34. The minimum absolute atomic E-state index is 0.108. The summed E-state index contributed by atoms with van der Waals surface area (Å²) >= 11 is 0. The number of hydrogen-bond acceptors (Lipinski definition) is 5. The number of amides is 3. The van der Waals surface area contributed by atoms with Crippen molar-refractivity contribution in [2.24, 2.45) is 0 Å². The highest BCUT2D eigenvalue weighted by molar-refractivity contribution is 6.02. The summed E-state index contributed by atoms with van der Waals surface area (Å²) in [5.41, 5.74) is 0. The number of aliphatic carboxylic acids is 2. The molecule has 0 radical (unpaired) electrons. The van der Waals surface area contributed by atoms with Crippen LogP contribution in [0.15, 0.2) is 0 Å². The van der Waals surface area contributed by atoms with Gasteiger partial charge in [-0.2, -0.15) is 0 Å².